The van der Waals surface area contributed by atoms with E-state index in [2.05, 4.69) is 6.58 Å². The lowest BCUT2D eigenvalue weighted by molar-refractivity contribution is -0.161. The van der Waals surface area contributed by atoms with Crippen molar-refractivity contribution in [3.05, 3.63) is 42.5 Å². The van der Waals surface area contributed by atoms with E-state index in [1.807, 2.05) is 30.3 Å². The first-order valence-corrected chi connectivity index (χ1v) is 6.17. The number of methoxy groups -OCH3 is 1. The third kappa shape index (κ3) is 2.38. The molecule has 1 aliphatic heterocycles. The van der Waals surface area contributed by atoms with Crippen LogP contribution in [0.4, 0.5) is 0 Å². The molecule has 1 aromatic carbocycles. The predicted molar refractivity (Wildman–Crippen MR) is 72.2 cm³/mol. The van der Waals surface area contributed by atoms with E-state index in [-0.39, 0.29) is 17.9 Å². The Morgan fingerprint density at radius 2 is 1.89 bits per heavy atom. The van der Waals surface area contributed by atoms with Gasteiger partial charge in [0, 0.05) is 13.3 Å². The molecule has 1 aromatic rings. The average Bonchev–Trinajstić information content (AvgIpc) is 2.37. The highest BCUT2D eigenvalue weighted by molar-refractivity contribution is 5.89. The zero-order valence-electron chi connectivity index (χ0n) is 11.1. The van der Waals surface area contributed by atoms with E-state index in [1.54, 1.807) is 4.90 Å². The number of likely N-dealkylation sites (tertiary alicyclic amines) is 1. The lowest BCUT2D eigenvalue weighted by atomic mass is 9.84. The Bertz CT molecular complexity index is 509. The summed E-state index contributed by atoms with van der Waals surface area (Å²) in [6, 6.07) is 9.08. The Labute approximate surface area is 112 Å². The van der Waals surface area contributed by atoms with Gasteiger partial charge in [-0.2, -0.15) is 0 Å². The smallest absolute Gasteiger partial charge is 0.328 e. The molecule has 0 unspecified atom stereocenters. The van der Waals surface area contributed by atoms with Crippen LogP contribution in [-0.4, -0.2) is 36.0 Å². The summed E-state index contributed by atoms with van der Waals surface area (Å²) >= 11 is 0. The summed E-state index contributed by atoms with van der Waals surface area (Å²) in [4.78, 5) is 24.8. The molecule has 4 heteroatoms. The van der Waals surface area contributed by atoms with Crippen LogP contribution in [0.5, 0.6) is 0 Å². The van der Waals surface area contributed by atoms with Crippen LogP contribution in [-0.2, 0) is 14.3 Å². The Hall–Kier alpha value is -2.10. The summed E-state index contributed by atoms with van der Waals surface area (Å²) in [5.41, 5.74) is 1.85. The summed E-state index contributed by atoms with van der Waals surface area (Å²) in [7, 11) is 1.33. The van der Waals surface area contributed by atoms with Gasteiger partial charge in [-0.3, -0.25) is 4.79 Å². The molecule has 0 spiro atoms. The second kappa shape index (κ2) is 5.26. The number of ether oxygens (including phenoxy) is 1. The topological polar surface area (TPSA) is 46.6 Å². The summed E-state index contributed by atoms with van der Waals surface area (Å²) in [5, 5.41) is 0. The molecule has 0 saturated carbocycles. The summed E-state index contributed by atoms with van der Waals surface area (Å²) in [6.07, 6.45) is 0.569. The van der Waals surface area contributed by atoms with Crippen LogP contribution in [0.15, 0.2) is 36.9 Å². The molecule has 100 valence electrons. The fourth-order valence-corrected chi connectivity index (χ4v) is 2.46. The highest BCUT2D eigenvalue weighted by Crippen LogP contribution is 2.35. The quantitative estimate of drug-likeness (QED) is 0.778. The molecule has 2 atom stereocenters. The maximum absolute atomic E-state index is 11.7. The van der Waals surface area contributed by atoms with Crippen molar-refractivity contribution in [1.29, 1.82) is 0 Å². The molecule has 0 N–H and O–H groups in total. The van der Waals surface area contributed by atoms with Crippen molar-refractivity contribution < 1.29 is 14.3 Å². The zero-order chi connectivity index (χ0) is 14.0. The second-order valence-electron chi connectivity index (χ2n) is 4.61. The fraction of sp³-hybridized carbons (Fsp3) is 0.333. The lowest BCUT2D eigenvalue weighted by Crippen LogP contribution is -2.61. The van der Waals surface area contributed by atoms with E-state index >= 15 is 0 Å². The average molecular weight is 259 g/mol. The van der Waals surface area contributed by atoms with Gasteiger partial charge in [-0.1, -0.05) is 36.9 Å². The third-order valence-electron chi connectivity index (χ3n) is 3.50. The van der Waals surface area contributed by atoms with Crippen LogP contribution in [0.3, 0.4) is 0 Å². The monoisotopic (exact) mass is 259 g/mol. The number of esters is 1. The second-order valence-corrected chi connectivity index (χ2v) is 4.61. The minimum Gasteiger partial charge on any atom is -0.467 e. The minimum atomic E-state index is -0.479. The molecule has 4 nitrogen and oxygen atoms in total. The normalized spacial score (nSPS) is 21.5. The molecule has 0 bridgehead atoms. The molecule has 19 heavy (non-hydrogen) atoms. The van der Waals surface area contributed by atoms with Gasteiger partial charge >= 0.3 is 5.97 Å². The molecule has 2 rings (SSSR count). The third-order valence-corrected chi connectivity index (χ3v) is 3.50. The number of hydrogen-bond donors (Lipinski definition) is 0. The first-order valence-electron chi connectivity index (χ1n) is 6.17. The van der Waals surface area contributed by atoms with Crippen LogP contribution < -0.4 is 0 Å². The molecule has 0 radical (unpaired) electrons. The molecule has 0 aromatic heterocycles. The molecular weight excluding hydrogens is 242 g/mol. The maximum atomic E-state index is 11.7. The van der Waals surface area contributed by atoms with E-state index < -0.39 is 6.04 Å². The van der Waals surface area contributed by atoms with Crippen molar-refractivity contribution in [2.24, 2.45) is 0 Å². The van der Waals surface area contributed by atoms with Gasteiger partial charge in [0.2, 0.25) is 5.91 Å². The number of hydrogen-bond acceptors (Lipinski definition) is 3. The number of nitrogens with zero attached hydrogens (tertiary/aromatic N) is 1. The van der Waals surface area contributed by atoms with E-state index in [0.717, 1.165) is 11.1 Å². The Morgan fingerprint density at radius 1 is 1.26 bits per heavy atom. The van der Waals surface area contributed by atoms with E-state index in [0.29, 0.717) is 6.42 Å². The van der Waals surface area contributed by atoms with Crippen molar-refractivity contribution >= 4 is 17.4 Å². The van der Waals surface area contributed by atoms with Crippen molar-refractivity contribution in [2.75, 3.05) is 7.11 Å². The van der Waals surface area contributed by atoms with Crippen LogP contribution in [0.25, 0.3) is 5.57 Å². The number of rotatable bonds is 3. The first-order chi connectivity index (χ1) is 9.06. The van der Waals surface area contributed by atoms with E-state index in [1.165, 1.54) is 14.0 Å². The number of amides is 1. The number of benzene rings is 1. The molecule has 0 aliphatic carbocycles. The van der Waals surface area contributed by atoms with Gasteiger partial charge in [0.05, 0.1) is 13.2 Å². The zero-order valence-corrected chi connectivity index (χ0v) is 11.1. The van der Waals surface area contributed by atoms with E-state index in [9.17, 15) is 9.59 Å². The van der Waals surface area contributed by atoms with Crippen LogP contribution in [0, 0.1) is 0 Å². The van der Waals surface area contributed by atoms with Gasteiger partial charge in [0.15, 0.2) is 0 Å². The SMILES string of the molecule is C=C(c1ccccc1)[C@@H]1C[C@H](C(=O)OC)N1C(C)=O. The standard InChI is InChI=1S/C15H17NO3/c1-10(12-7-5-4-6-8-12)13-9-14(15(18)19-3)16(13)11(2)17/h4-8,13-14H,1,9H2,2-3H3/t13-,14+/m0/s1. The van der Waals surface area contributed by atoms with Crippen molar-refractivity contribution in [2.45, 2.75) is 25.4 Å². The first kappa shape index (κ1) is 13.3. The Morgan fingerprint density at radius 3 is 2.42 bits per heavy atom. The lowest BCUT2D eigenvalue weighted by Gasteiger charge is -2.47. The predicted octanol–water partition coefficient (Wildman–Crippen LogP) is 1.86. The van der Waals surface area contributed by atoms with Crippen LogP contribution in [0.1, 0.15) is 18.9 Å². The van der Waals surface area contributed by atoms with Crippen molar-refractivity contribution in [3.63, 3.8) is 0 Å². The highest BCUT2D eigenvalue weighted by Gasteiger charge is 2.46. The van der Waals surface area contributed by atoms with Crippen LogP contribution in [0.2, 0.25) is 0 Å². The van der Waals surface area contributed by atoms with Gasteiger partial charge in [-0.05, 0) is 11.1 Å². The molecule has 1 aliphatic rings. The van der Waals surface area contributed by atoms with Gasteiger partial charge in [-0.25, -0.2) is 4.79 Å². The highest BCUT2D eigenvalue weighted by atomic mass is 16.5. The van der Waals surface area contributed by atoms with Crippen LogP contribution >= 0.6 is 0 Å². The Balaban J connectivity index is 2.16. The largest absolute Gasteiger partial charge is 0.467 e. The van der Waals surface area contributed by atoms with Gasteiger partial charge in [0.25, 0.3) is 0 Å². The summed E-state index contributed by atoms with van der Waals surface area (Å²) in [5.74, 6) is -0.504. The number of carbonyl (C=O) groups is 2. The number of carbonyl (C=O) groups excluding carboxylic acids is 2. The molecule has 1 fully saturated rings. The Kier molecular flexibility index (Phi) is 3.69. The fourth-order valence-electron chi connectivity index (χ4n) is 2.46. The molecule has 1 saturated heterocycles. The maximum Gasteiger partial charge on any atom is 0.328 e. The van der Waals surface area contributed by atoms with Gasteiger partial charge in [0.1, 0.15) is 6.04 Å². The van der Waals surface area contributed by atoms with Gasteiger partial charge in [-0.15, -0.1) is 0 Å². The minimum absolute atomic E-state index is 0.121. The van der Waals surface area contributed by atoms with Crippen molar-refractivity contribution in [1.82, 2.24) is 4.90 Å². The summed E-state index contributed by atoms with van der Waals surface area (Å²) < 4.78 is 4.71. The van der Waals surface area contributed by atoms with E-state index in [4.69, 9.17) is 4.74 Å². The summed E-state index contributed by atoms with van der Waals surface area (Å²) in [6.45, 7) is 5.51. The molecule has 1 amide bonds. The van der Waals surface area contributed by atoms with Gasteiger partial charge < -0.3 is 9.64 Å². The van der Waals surface area contributed by atoms with Crippen molar-refractivity contribution in [3.8, 4) is 0 Å². The molecular formula is C15H17NO3. The molecule has 1 heterocycles.